The quantitative estimate of drug-likeness (QED) is 0.652. The molecule has 3 rings (SSSR count). The Kier molecular flexibility index (Phi) is 8.04. The molecule has 0 heterocycles. The minimum atomic E-state index is -0.570. The minimum absolute atomic E-state index is 0.107. The molecular formula is C25H31FN2O3. The normalized spacial score (nSPS) is 14.8. The molecule has 2 aromatic carbocycles. The van der Waals surface area contributed by atoms with Crippen molar-refractivity contribution in [2.75, 3.05) is 7.11 Å². The number of hydrogen-bond donors (Lipinski definition) is 1. The van der Waals surface area contributed by atoms with Crippen molar-refractivity contribution in [3.8, 4) is 5.75 Å². The van der Waals surface area contributed by atoms with Crippen LogP contribution in [-0.4, -0.2) is 35.9 Å². The molecule has 1 aliphatic rings. The number of carbonyl (C=O) groups is 2. The Balaban J connectivity index is 1.82. The lowest BCUT2D eigenvalue weighted by Gasteiger charge is -2.31. The topological polar surface area (TPSA) is 58.6 Å². The maximum absolute atomic E-state index is 13.3. The number of nitrogens with zero attached hydrogens (tertiary/aromatic N) is 1. The van der Waals surface area contributed by atoms with Crippen molar-refractivity contribution in [1.82, 2.24) is 10.2 Å². The molecule has 0 aromatic heterocycles. The Morgan fingerprint density at radius 3 is 2.48 bits per heavy atom. The van der Waals surface area contributed by atoms with Gasteiger partial charge < -0.3 is 15.0 Å². The highest BCUT2D eigenvalue weighted by Crippen LogP contribution is 2.21. The molecule has 1 fully saturated rings. The van der Waals surface area contributed by atoms with Crippen LogP contribution in [0.4, 0.5) is 4.39 Å². The molecule has 5 nitrogen and oxygen atoms in total. The summed E-state index contributed by atoms with van der Waals surface area (Å²) in [6.07, 6.45) is 4.84. The summed E-state index contributed by atoms with van der Waals surface area (Å²) in [6, 6.07) is 13.0. The second kappa shape index (κ2) is 10.9. The fourth-order valence-electron chi connectivity index (χ4n) is 4.13. The van der Waals surface area contributed by atoms with Gasteiger partial charge in [0.15, 0.2) is 0 Å². The van der Waals surface area contributed by atoms with E-state index in [9.17, 15) is 14.0 Å². The van der Waals surface area contributed by atoms with Gasteiger partial charge in [-0.15, -0.1) is 0 Å². The van der Waals surface area contributed by atoms with Crippen LogP contribution in [0, 0.1) is 5.82 Å². The van der Waals surface area contributed by atoms with E-state index in [4.69, 9.17) is 4.74 Å². The summed E-state index contributed by atoms with van der Waals surface area (Å²) in [4.78, 5) is 28.1. The molecular weight excluding hydrogens is 395 g/mol. The smallest absolute Gasteiger partial charge is 0.243 e. The van der Waals surface area contributed by atoms with Crippen molar-refractivity contribution >= 4 is 11.8 Å². The Labute approximate surface area is 183 Å². The van der Waals surface area contributed by atoms with Gasteiger partial charge in [-0.2, -0.15) is 0 Å². The van der Waals surface area contributed by atoms with Crippen molar-refractivity contribution < 1.29 is 18.7 Å². The third kappa shape index (κ3) is 6.29. The number of ether oxygens (including phenoxy) is 1. The molecule has 0 spiro atoms. The molecule has 0 unspecified atom stereocenters. The van der Waals surface area contributed by atoms with Gasteiger partial charge in [-0.3, -0.25) is 9.59 Å². The van der Waals surface area contributed by atoms with Crippen LogP contribution in [0.15, 0.2) is 48.5 Å². The molecule has 2 amide bonds. The average Bonchev–Trinajstić information content (AvgIpc) is 3.28. The third-order valence-corrected chi connectivity index (χ3v) is 5.84. The first-order valence-electron chi connectivity index (χ1n) is 11.0. The van der Waals surface area contributed by atoms with Gasteiger partial charge in [0.05, 0.1) is 13.5 Å². The summed E-state index contributed by atoms with van der Waals surface area (Å²) in [5, 5.41) is 3.14. The third-order valence-electron chi connectivity index (χ3n) is 5.84. The van der Waals surface area contributed by atoms with Crippen LogP contribution < -0.4 is 10.1 Å². The minimum Gasteiger partial charge on any atom is -0.497 e. The SMILES string of the molecule is CC[C@H](C(=O)NC1CCCC1)N(Cc1cccc(OC)c1)C(=O)Cc1ccc(F)cc1. The van der Waals surface area contributed by atoms with E-state index in [0.717, 1.165) is 31.2 Å². The maximum Gasteiger partial charge on any atom is 0.243 e. The van der Waals surface area contributed by atoms with E-state index in [0.29, 0.717) is 24.3 Å². The van der Waals surface area contributed by atoms with Gasteiger partial charge in [-0.05, 0) is 54.7 Å². The summed E-state index contributed by atoms with van der Waals surface area (Å²) < 4.78 is 18.6. The van der Waals surface area contributed by atoms with Gasteiger partial charge in [-0.25, -0.2) is 4.39 Å². The first kappa shape index (κ1) is 22.8. The van der Waals surface area contributed by atoms with E-state index in [2.05, 4.69) is 5.32 Å². The van der Waals surface area contributed by atoms with Gasteiger partial charge in [0.1, 0.15) is 17.6 Å². The van der Waals surface area contributed by atoms with Gasteiger partial charge in [-0.1, -0.05) is 44.0 Å². The molecule has 0 bridgehead atoms. The lowest BCUT2D eigenvalue weighted by molar-refractivity contribution is -0.141. The van der Waals surface area contributed by atoms with Crippen molar-refractivity contribution in [2.24, 2.45) is 0 Å². The summed E-state index contributed by atoms with van der Waals surface area (Å²) in [5.41, 5.74) is 1.60. The molecule has 1 N–H and O–H groups in total. The van der Waals surface area contributed by atoms with Gasteiger partial charge >= 0.3 is 0 Å². The van der Waals surface area contributed by atoms with E-state index in [1.54, 1.807) is 24.1 Å². The predicted octanol–water partition coefficient (Wildman–Crippen LogP) is 4.24. The number of methoxy groups -OCH3 is 1. The largest absolute Gasteiger partial charge is 0.497 e. The Morgan fingerprint density at radius 2 is 1.84 bits per heavy atom. The zero-order chi connectivity index (χ0) is 22.2. The number of carbonyl (C=O) groups excluding carboxylic acids is 2. The second-order valence-corrected chi connectivity index (χ2v) is 8.09. The lowest BCUT2D eigenvalue weighted by Crippen LogP contribution is -2.51. The highest BCUT2D eigenvalue weighted by Gasteiger charge is 2.30. The first-order chi connectivity index (χ1) is 15.0. The highest BCUT2D eigenvalue weighted by molar-refractivity contribution is 5.88. The van der Waals surface area contributed by atoms with Gasteiger partial charge in [0.2, 0.25) is 11.8 Å². The lowest BCUT2D eigenvalue weighted by atomic mass is 10.1. The van der Waals surface area contributed by atoms with E-state index in [-0.39, 0.29) is 30.1 Å². The molecule has 0 aliphatic heterocycles. The van der Waals surface area contributed by atoms with Gasteiger partial charge in [0, 0.05) is 12.6 Å². The van der Waals surface area contributed by atoms with Crippen LogP contribution >= 0.6 is 0 Å². The highest BCUT2D eigenvalue weighted by atomic mass is 19.1. The van der Waals surface area contributed by atoms with Crippen LogP contribution in [0.3, 0.4) is 0 Å². The number of nitrogens with one attached hydrogen (secondary N) is 1. The predicted molar refractivity (Wildman–Crippen MR) is 118 cm³/mol. The first-order valence-corrected chi connectivity index (χ1v) is 11.0. The fourth-order valence-corrected chi connectivity index (χ4v) is 4.13. The number of amides is 2. The zero-order valence-corrected chi connectivity index (χ0v) is 18.3. The van der Waals surface area contributed by atoms with E-state index < -0.39 is 6.04 Å². The average molecular weight is 427 g/mol. The zero-order valence-electron chi connectivity index (χ0n) is 18.3. The molecule has 0 radical (unpaired) electrons. The maximum atomic E-state index is 13.3. The summed E-state index contributed by atoms with van der Waals surface area (Å²) >= 11 is 0. The van der Waals surface area contributed by atoms with Crippen LogP contribution in [0.5, 0.6) is 5.75 Å². The Morgan fingerprint density at radius 1 is 1.13 bits per heavy atom. The molecule has 31 heavy (non-hydrogen) atoms. The Bertz CT molecular complexity index is 879. The van der Waals surface area contributed by atoms with Gasteiger partial charge in [0.25, 0.3) is 0 Å². The standard InChI is InChI=1S/C25H31FN2O3/c1-3-23(25(30)27-21-8-4-5-9-21)28(17-19-7-6-10-22(15-19)31-2)24(29)16-18-11-13-20(26)14-12-18/h6-7,10-15,21,23H,3-5,8-9,16-17H2,1-2H3,(H,27,30)/t23-/m1/s1. The summed E-state index contributed by atoms with van der Waals surface area (Å²) in [6.45, 7) is 2.22. The van der Waals surface area contributed by atoms with Crippen LogP contribution in [0.2, 0.25) is 0 Å². The molecule has 6 heteroatoms. The molecule has 2 aromatic rings. The van der Waals surface area contributed by atoms with Crippen molar-refractivity contribution in [3.05, 3.63) is 65.5 Å². The fraction of sp³-hybridized carbons (Fsp3) is 0.440. The molecule has 1 aliphatic carbocycles. The monoisotopic (exact) mass is 426 g/mol. The summed E-state index contributed by atoms with van der Waals surface area (Å²) in [7, 11) is 1.60. The number of halogens is 1. The van der Waals surface area contributed by atoms with Crippen LogP contribution in [0.25, 0.3) is 0 Å². The van der Waals surface area contributed by atoms with Crippen molar-refractivity contribution in [3.63, 3.8) is 0 Å². The van der Waals surface area contributed by atoms with E-state index in [1.807, 2.05) is 31.2 Å². The summed E-state index contributed by atoms with van der Waals surface area (Å²) in [5.74, 6) is 0.0892. The number of rotatable bonds is 9. The molecule has 1 atom stereocenters. The second-order valence-electron chi connectivity index (χ2n) is 8.09. The number of hydrogen-bond acceptors (Lipinski definition) is 3. The molecule has 1 saturated carbocycles. The van der Waals surface area contributed by atoms with Crippen LogP contribution in [0.1, 0.15) is 50.2 Å². The van der Waals surface area contributed by atoms with Crippen molar-refractivity contribution in [1.29, 1.82) is 0 Å². The Hall–Kier alpha value is -2.89. The van der Waals surface area contributed by atoms with E-state index >= 15 is 0 Å². The number of benzene rings is 2. The van der Waals surface area contributed by atoms with Crippen LogP contribution in [-0.2, 0) is 22.6 Å². The molecule has 0 saturated heterocycles. The van der Waals surface area contributed by atoms with E-state index in [1.165, 1.54) is 12.1 Å². The molecule has 166 valence electrons. The van der Waals surface area contributed by atoms with Crippen molar-refractivity contribution in [2.45, 2.75) is 64.1 Å².